The number of carbonyl (C=O) groups is 2. The van der Waals surface area contributed by atoms with E-state index in [0.29, 0.717) is 28.6 Å². The minimum Gasteiger partial charge on any atom is -0.353 e. The number of hydrogen-bond acceptors (Lipinski definition) is 4. The lowest BCUT2D eigenvalue weighted by atomic mass is 10.1. The zero-order valence-electron chi connectivity index (χ0n) is 11.3. The molecule has 1 heterocycles. The van der Waals surface area contributed by atoms with E-state index in [-0.39, 0.29) is 17.5 Å². The molecule has 8 heteroatoms. The quantitative estimate of drug-likeness (QED) is 0.471. The van der Waals surface area contributed by atoms with Crippen LogP contribution in [-0.4, -0.2) is 40.8 Å². The lowest BCUT2D eigenvalue weighted by Gasteiger charge is -2.34. The molecule has 1 aliphatic heterocycles. The third kappa shape index (κ3) is 3.14. The molecule has 2 amide bonds. The minimum atomic E-state index is -0.500. The second-order valence-corrected chi connectivity index (χ2v) is 5.80. The molecule has 0 radical (unpaired) electrons. The summed E-state index contributed by atoms with van der Waals surface area (Å²) < 4.78 is 0.507. The van der Waals surface area contributed by atoms with Crippen LogP contribution in [0.4, 0.5) is 5.69 Å². The van der Waals surface area contributed by atoms with Crippen molar-refractivity contribution in [2.45, 2.75) is 19.4 Å². The van der Waals surface area contributed by atoms with Gasteiger partial charge in [0.25, 0.3) is 11.6 Å². The highest BCUT2D eigenvalue weighted by molar-refractivity contribution is 14.1. The predicted molar refractivity (Wildman–Crippen MR) is 83.9 cm³/mol. The Morgan fingerprint density at radius 3 is 2.86 bits per heavy atom. The van der Waals surface area contributed by atoms with Crippen molar-refractivity contribution < 1.29 is 14.5 Å². The molecule has 0 spiro atoms. The molecule has 112 valence electrons. The van der Waals surface area contributed by atoms with Gasteiger partial charge in [0.2, 0.25) is 5.91 Å². The molecule has 7 nitrogen and oxygen atoms in total. The largest absolute Gasteiger partial charge is 0.353 e. The van der Waals surface area contributed by atoms with Crippen LogP contribution in [0.1, 0.15) is 23.7 Å². The Balaban J connectivity index is 2.31. The van der Waals surface area contributed by atoms with E-state index < -0.39 is 11.0 Å². The van der Waals surface area contributed by atoms with E-state index >= 15 is 0 Å². The Labute approximate surface area is 135 Å². The second kappa shape index (κ2) is 6.37. The Morgan fingerprint density at radius 2 is 2.29 bits per heavy atom. The Bertz CT molecular complexity index is 605. The standard InChI is InChI=1S/C13H14IN3O4/c1-2-11-12(18)15-5-6-16(11)13(19)9-4-3-8(17(20)21)7-10(9)14/h3-4,7,11H,2,5-6H2,1H3,(H,15,18). The highest BCUT2D eigenvalue weighted by Gasteiger charge is 2.33. The molecule has 1 aromatic rings. The fourth-order valence-corrected chi connectivity index (χ4v) is 3.04. The maximum absolute atomic E-state index is 12.6. The predicted octanol–water partition coefficient (Wildman–Crippen LogP) is 1.55. The molecular weight excluding hydrogens is 389 g/mol. The minimum absolute atomic E-state index is 0.0561. The van der Waals surface area contributed by atoms with Gasteiger partial charge in [-0.15, -0.1) is 0 Å². The fraction of sp³-hybridized carbons (Fsp3) is 0.385. The number of nitrogens with one attached hydrogen (secondary N) is 1. The van der Waals surface area contributed by atoms with Gasteiger partial charge >= 0.3 is 0 Å². The van der Waals surface area contributed by atoms with Crippen molar-refractivity contribution in [2.75, 3.05) is 13.1 Å². The van der Waals surface area contributed by atoms with Gasteiger partial charge in [0, 0.05) is 28.8 Å². The van der Waals surface area contributed by atoms with Gasteiger partial charge in [-0.25, -0.2) is 0 Å². The fourth-order valence-electron chi connectivity index (χ4n) is 2.31. The summed E-state index contributed by atoms with van der Waals surface area (Å²) in [5.41, 5.74) is 0.328. The van der Waals surface area contributed by atoms with E-state index in [1.807, 2.05) is 29.5 Å². The van der Waals surface area contributed by atoms with Gasteiger partial charge in [-0.1, -0.05) is 6.92 Å². The number of nitro groups is 1. The molecule has 1 unspecified atom stereocenters. The van der Waals surface area contributed by atoms with Crippen molar-refractivity contribution in [2.24, 2.45) is 0 Å². The molecule has 0 bridgehead atoms. The molecule has 1 atom stereocenters. The van der Waals surface area contributed by atoms with E-state index in [1.54, 1.807) is 0 Å². The number of hydrogen-bond donors (Lipinski definition) is 1. The highest BCUT2D eigenvalue weighted by Crippen LogP contribution is 2.22. The molecule has 0 aliphatic carbocycles. The average Bonchev–Trinajstić information content (AvgIpc) is 2.46. The average molecular weight is 403 g/mol. The van der Waals surface area contributed by atoms with Gasteiger partial charge in [-0.05, 0) is 35.1 Å². The molecule has 21 heavy (non-hydrogen) atoms. The highest BCUT2D eigenvalue weighted by atomic mass is 127. The normalized spacial score (nSPS) is 18.3. The SMILES string of the molecule is CCC1C(=O)NCCN1C(=O)c1ccc([N+](=O)[O-])cc1I. The molecule has 1 aromatic carbocycles. The van der Waals surface area contributed by atoms with Crippen molar-refractivity contribution in [3.8, 4) is 0 Å². The first-order valence-corrected chi connectivity index (χ1v) is 7.56. The molecule has 1 fully saturated rings. The van der Waals surface area contributed by atoms with Crippen LogP contribution in [0, 0.1) is 13.7 Å². The molecule has 1 saturated heterocycles. The molecular formula is C13H14IN3O4. The Morgan fingerprint density at radius 1 is 1.57 bits per heavy atom. The molecule has 1 aliphatic rings. The molecule has 1 N–H and O–H groups in total. The van der Waals surface area contributed by atoms with Crippen molar-refractivity contribution in [1.29, 1.82) is 0 Å². The van der Waals surface area contributed by atoms with Crippen LogP contribution < -0.4 is 5.32 Å². The van der Waals surface area contributed by atoms with Crippen LogP contribution in [0.3, 0.4) is 0 Å². The summed E-state index contributed by atoms with van der Waals surface area (Å²) in [5, 5.41) is 13.5. The number of rotatable bonds is 3. The number of non-ortho nitro benzene ring substituents is 1. The molecule has 0 saturated carbocycles. The number of amides is 2. The number of halogens is 1. The van der Waals surface area contributed by atoms with Crippen molar-refractivity contribution in [3.05, 3.63) is 37.4 Å². The zero-order valence-corrected chi connectivity index (χ0v) is 13.5. The lowest BCUT2D eigenvalue weighted by molar-refractivity contribution is -0.384. The summed E-state index contributed by atoms with van der Waals surface area (Å²) in [4.78, 5) is 36.2. The summed E-state index contributed by atoms with van der Waals surface area (Å²) in [5.74, 6) is -0.426. The van der Waals surface area contributed by atoms with Gasteiger partial charge in [0.1, 0.15) is 6.04 Å². The number of nitrogens with zero attached hydrogens (tertiary/aromatic N) is 2. The molecule has 2 rings (SSSR count). The molecule has 0 aromatic heterocycles. The van der Waals surface area contributed by atoms with E-state index in [4.69, 9.17) is 0 Å². The third-order valence-electron chi connectivity index (χ3n) is 3.37. The first-order valence-electron chi connectivity index (χ1n) is 6.48. The van der Waals surface area contributed by atoms with Gasteiger partial charge in [0.05, 0.1) is 10.5 Å². The van der Waals surface area contributed by atoms with Crippen LogP contribution in [0.25, 0.3) is 0 Å². The van der Waals surface area contributed by atoms with Gasteiger partial charge in [-0.3, -0.25) is 19.7 Å². The topological polar surface area (TPSA) is 92.6 Å². The maximum Gasteiger partial charge on any atom is 0.270 e. The van der Waals surface area contributed by atoms with Crippen LogP contribution in [0.15, 0.2) is 18.2 Å². The van der Waals surface area contributed by atoms with Crippen molar-refractivity contribution >= 4 is 40.1 Å². The third-order valence-corrected chi connectivity index (χ3v) is 4.26. The van der Waals surface area contributed by atoms with E-state index in [0.717, 1.165) is 0 Å². The smallest absolute Gasteiger partial charge is 0.270 e. The van der Waals surface area contributed by atoms with Crippen LogP contribution in [-0.2, 0) is 4.79 Å². The van der Waals surface area contributed by atoms with E-state index in [1.165, 1.54) is 23.1 Å². The first-order chi connectivity index (χ1) is 9.95. The van der Waals surface area contributed by atoms with E-state index in [9.17, 15) is 19.7 Å². The van der Waals surface area contributed by atoms with Gasteiger partial charge < -0.3 is 10.2 Å². The van der Waals surface area contributed by atoms with Crippen molar-refractivity contribution in [1.82, 2.24) is 10.2 Å². The number of piperazine rings is 1. The number of carbonyl (C=O) groups excluding carboxylic acids is 2. The van der Waals surface area contributed by atoms with Gasteiger partial charge in [0.15, 0.2) is 0 Å². The Kier molecular flexibility index (Phi) is 4.76. The van der Waals surface area contributed by atoms with Crippen molar-refractivity contribution in [3.63, 3.8) is 0 Å². The van der Waals surface area contributed by atoms with Crippen LogP contribution >= 0.6 is 22.6 Å². The lowest BCUT2D eigenvalue weighted by Crippen LogP contribution is -2.57. The zero-order chi connectivity index (χ0) is 15.6. The van der Waals surface area contributed by atoms with Gasteiger partial charge in [-0.2, -0.15) is 0 Å². The monoisotopic (exact) mass is 403 g/mol. The maximum atomic E-state index is 12.6. The summed E-state index contributed by atoms with van der Waals surface area (Å²) in [6.07, 6.45) is 0.529. The van der Waals surface area contributed by atoms with E-state index in [2.05, 4.69) is 5.32 Å². The van der Waals surface area contributed by atoms with Crippen LogP contribution in [0.5, 0.6) is 0 Å². The first kappa shape index (κ1) is 15.7. The Hall–Kier alpha value is -1.71. The summed E-state index contributed by atoms with van der Waals surface area (Å²) in [7, 11) is 0. The second-order valence-electron chi connectivity index (χ2n) is 4.63. The van der Waals surface area contributed by atoms with Crippen LogP contribution in [0.2, 0.25) is 0 Å². The summed E-state index contributed by atoms with van der Waals surface area (Å²) >= 11 is 1.90. The number of benzene rings is 1. The summed E-state index contributed by atoms with van der Waals surface area (Å²) in [6, 6.07) is 3.62. The number of nitro benzene ring substituents is 1. The summed E-state index contributed by atoms with van der Waals surface area (Å²) in [6.45, 7) is 2.71.